The van der Waals surface area contributed by atoms with Gasteiger partial charge in [0.1, 0.15) is 15.8 Å². The van der Waals surface area contributed by atoms with Gasteiger partial charge in [0.25, 0.3) is 0 Å². The highest BCUT2D eigenvalue weighted by Gasteiger charge is 2.19. The predicted octanol–water partition coefficient (Wildman–Crippen LogP) is 3.02. The van der Waals surface area contributed by atoms with E-state index in [1.807, 2.05) is 33.2 Å². The minimum atomic E-state index is 0.246. The minimum absolute atomic E-state index is 0.246. The minimum Gasteiger partial charge on any atom is -0.382 e. The molecule has 0 fully saturated rings. The Hall–Kier alpha value is -1.18. The molecule has 0 aliphatic rings. The maximum atomic E-state index is 6.01. The van der Waals surface area contributed by atoms with Crippen molar-refractivity contribution in [3.8, 4) is 10.6 Å². The number of aryl methyl sites for hydroxylation is 1. The highest BCUT2D eigenvalue weighted by atomic mass is 32.1. The highest BCUT2D eigenvalue weighted by molar-refractivity contribution is 7.15. The maximum absolute atomic E-state index is 6.01. The zero-order valence-electron chi connectivity index (χ0n) is 12.2. The fourth-order valence-corrected chi connectivity index (χ4v) is 3.47. The van der Waals surface area contributed by atoms with Gasteiger partial charge in [0, 0.05) is 24.7 Å². The van der Waals surface area contributed by atoms with Gasteiger partial charge in [-0.2, -0.15) is 4.37 Å². The van der Waals surface area contributed by atoms with E-state index in [0.717, 1.165) is 27.8 Å². The van der Waals surface area contributed by atoms with Crippen molar-refractivity contribution in [2.75, 3.05) is 30.8 Å². The fourth-order valence-electron chi connectivity index (χ4n) is 1.75. The molecule has 0 aromatic carbocycles. The molecule has 5 nitrogen and oxygen atoms in total. The van der Waals surface area contributed by atoms with E-state index in [2.05, 4.69) is 14.3 Å². The first-order chi connectivity index (χ1) is 9.49. The highest BCUT2D eigenvalue weighted by Crippen LogP contribution is 2.40. The molecule has 2 aromatic heterocycles. The van der Waals surface area contributed by atoms with Crippen molar-refractivity contribution in [1.82, 2.24) is 9.36 Å². The Morgan fingerprint density at radius 2 is 2.20 bits per heavy atom. The SMILES string of the molecule is Cc1csc(-c2c(N)nsc2N(C)CCOC(C)C)n1. The molecule has 0 atom stereocenters. The second-order valence-electron chi connectivity index (χ2n) is 4.88. The fraction of sp³-hybridized carbons (Fsp3) is 0.538. The summed E-state index contributed by atoms with van der Waals surface area (Å²) in [5.74, 6) is 0.552. The Labute approximate surface area is 127 Å². The number of anilines is 2. The summed E-state index contributed by atoms with van der Waals surface area (Å²) >= 11 is 3.01. The summed E-state index contributed by atoms with van der Waals surface area (Å²) in [4.78, 5) is 6.64. The van der Waals surface area contributed by atoms with Crippen molar-refractivity contribution >= 4 is 33.7 Å². The molecule has 0 spiro atoms. The van der Waals surface area contributed by atoms with Gasteiger partial charge in [-0.1, -0.05) is 0 Å². The lowest BCUT2D eigenvalue weighted by atomic mass is 10.3. The Balaban J connectivity index is 2.16. The topological polar surface area (TPSA) is 64.3 Å². The van der Waals surface area contributed by atoms with Gasteiger partial charge in [-0.15, -0.1) is 11.3 Å². The van der Waals surface area contributed by atoms with Gasteiger partial charge in [0.05, 0.1) is 18.3 Å². The van der Waals surface area contributed by atoms with Crippen molar-refractivity contribution in [1.29, 1.82) is 0 Å². The first-order valence-corrected chi connectivity index (χ1v) is 8.14. The second-order valence-corrected chi connectivity index (χ2v) is 6.49. The maximum Gasteiger partial charge on any atom is 0.149 e. The molecular weight excluding hydrogens is 292 g/mol. The number of hydrogen-bond donors (Lipinski definition) is 1. The van der Waals surface area contributed by atoms with Crippen molar-refractivity contribution in [3.05, 3.63) is 11.1 Å². The number of rotatable bonds is 6. The third-order valence-corrected chi connectivity index (χ3v) is 4.71. The Bertz CT molecular complexity index is 564. The molecule has 0 saturated heterocycles. The third-order valence-electron chi connectivity index (χ3n) is 2.76. The zero-order chi connectivity index (χ0) is 14.7. The smallest absolute Gasteiger partial charge is 0.149 e. The number of ether oxygens (including phenoxy) is 1. The molecule has 110 valence electrons. The van der Waals surface area contributed by atoms with E-state index in [1.165, 1.54) is 11.5 Å². The number of nitrogens with zero attached hydrogens (tertiary/aromatic N) is 3. The molecule has 0 aliphatic carbocycles. The quantitative estimate of drug-likeness (QED) is 0.888. The van der Waals surface area contributed by atoms with Gasteiger partial charge >= 0.3 is 0 Å². The van der Waals surface area contributed by atoms with Crippen LogP contribution in [-0.4, -0.2) is 35.7 Å². The Kier molecular flexibility index (Phi) is 4.95. The molecule has 0 amide bonds. The summed E-state index contributed by atoms with van der Waals surface area (Å²) in [5.41, 5.74) is 7.96. The number of nitrogens with two attached hydrogens (primary N) is 1. The van der Waals surface area contributed by atoms with Crippen LogP contribution in [0.4, 0.5) is 10.8 Å². The molecule has 2 heterocycles. The normalized spacial score (nSPS) is 11.2. The average Bonchev–Trinajstić information content (AvgIpc) is 2.94. The largest absolute Gasteiger partial charge is 0.382 e. The van der Waals surface area contributed by atoms with Crippen molar-refractivity contribution in [3.63, 3.8) is 0 Å². The molecule has 0 aliphatic heterocycles. The zero-order valence-corrected chi connectivity index (χ0v) is 13.8. The van der Waals surface area contributed by atoms with E-state index in [-0.39, 0.29) is 6.10 Å². The van der Waals surface area contributed by atoms with Crippen LogP contribution in [0, 0.1) is 6.92 Å². The summed E-state index contributed by atoms with van der Waals surface area (Å²) < 4.78 is 9.86. The molecule has 7 heteroatoms. The summed E-state index contributed by atoms with van der Waals surface area (Å²) in [6.45, 7) is 7.54. The van der Waals surface area contributed by atoms with Crippen LogP contribution in [0.3, 0.4) is 0 Å². The molecule has 2 rings (SSSR count). The van der Waals surface area contributed by atoms with Gasteiger partial charge in [-0.3, -0.25) is 0 Å². The monoisotopic (exact) mass is 312 g/mol. The van der Waals surface area contributed by atoms with Crippen LogP contribution in [0.5, 0.6) is 0 Å². The lowest BCUT2D eigenvalue weighted by Crippen LogP contribution is -2.23. The third kappa shape index (κ3) is 3.47. The van der Waals surface area contributed by atoms with Gasteiger partial charge < -0.3 is 15.4 Å². The Morgan fingerprint density at radius 3 is 2.80 bits per heavy atom. The van der Waals surface area contributed by atoms with Gasteiger partial charge in [-0.25, -0.2) is 4.98 Å². The summed E-state index contributed by atoms with van der Waals surface area (Å²) in [7, 11) is 2.03. The summed E-state index contributed by atoms with van der Waals surface area (Å²) in [6, 6.07) is 0. The van der Waals surface area contributed by atoms with Crippen LogP contribution in [0.15, 0.2) is 5.38 Å². The van der Waals surface area contributed by atoms with E-state index < -0.39 is 0 Å². The summed E-state index contributed by atoms with van der Waals surface area (Å²) in [5, 5.41) is 4.00. The van der Waals surface area contributed by atoms with Crippen LogP contribution >= 0.6 is 22.9 Å². The van der Waals surface area contributed by atoms with E-state index in [9.17, 15) is 0 Å². The molecule has 2 aromatic rings. The van der Waals surface area contributed by atoms with E-state index in [1.54, 1.807) is 11.3 Å². The lowest BCUT2D eigenvalue weighted by molar-refractivity contribution is 0.0846. The first-order valence-electron chi connectivity index (χ1n) is 6.49. The number of aromatic nitrogens is 2. The molecule has 2 N–H and O–H groups in total. The second kappa shape index (κ2) is 6.51. The van der Waals surface area contributed by atoms with Crippen molar-refractivity contribution in [2.24, 2.45) is 0 Å². The van der Waals surface area contributed by atoms with Crippen LogP contribution in [-0.2, 0) is 4.74 Å². The molecule has 20 heavy (non-hydrogen) atoms. The Morgan fingerprint density at radius 1 is 1.45 bits per heavy atom. The van der Waals surface area contributed by atoms with Crippen LogP contribution in [0.25, 0.3) is 10.6 Å². The van der Waals surface area contributed by atoms with Crippen molar-refractivity contribution < 1.29 is 4.74 Å². The summed E-state index contributed by atoms with van der Waals surface area (Å²) in [6.07, 6.45) is 0.246. The van der Waals surface area contributed by atoms with Gasteiger partial charge in [-0.05, 0) is 32.3 Å². The first kappa shape index (κ1) is 15.2. The van der Waals surface area contributed by atoms with E-state index in [0.29, 0.717) is 12.4 Å². The van der Waals surface area contributed by atoms with Gasteiger partial charge in [0.15, 0.2) is 0 Å². The average molecular weight is 312 g/mol. The number of likely N-dealkylation sites (N-methyl/N-ethyl adjacent to an activating group) is 1. The molecule has 0 unspecified atom stereocenters. The number of hydrogen-bond acceptors (Lipinski definition) is 7. The number of nitrogen functional groups attached to an aromatic ring is 1. The lowest BCUT2D eigenvalue weighted by Gasteiger charge is -2.18. The standard InChI is InChI=1S/C13H20N4OS2/c1-8(2)18-6-5-17(4)13-10(11(14)16-20-13)12-15-9(3)7-19-12/h7-8H,5-6H2,1-4H3,(H2,14,16). The predicted molar refractivity (Wildman–Crippen MR) is 86.7 cm³/mol. The van der Waals surface area contributed by atoms with E-state index >= 15 is 0 Å². The molecular formula is C13H20N4OS2. The van der Waals surface area contributed by atoms with Crippen molar-refractivity contribution in [2.45, 2.75) is 26.9 Å². The van der Waals surface area contributed by atoms with Crippen LogP contribution in [0.2, 0.25) is 0 Å². The van der Waals surface area contributed by atoms with E-state index in [4.69, 9.17) is 10.5 Å². The molecule has 0 bridgehead atoms. The van der Waals surface area contributed by atoms with Crippen LogP contribution in [0.1, 0.15) is 19.5 Å². The number of thiazole rings is 1. The van der Waals surface area contributed by atoms with Gasteiger partial charge in [0.2, 0.25) is 0 Å². The molecule has 0 radical (unpaired) electrons. The van der Waals surface area contributed by atoms with Crippen LogP contribution < -0.4 is 10.6 Å². The molecule has 0 saturated carbocycles.